The molecule has 0 aliphatic heterocycles. The minimum absolute atomic E-state index is 0.109. The van der Waals surface area contributed by atoms with Crippen molar-refractivity contribution in [2.75, 3.05) is 0 Å². The second-order valence-electron chi connectivity index (χ2n) is 13.1. The van der Waals surface area contributed by atoms with Crippen molar-refractivity contribution in [3.63, 3.8) is 0 Å². The largest absolute Gasteiger partial charge is 0.393 e. The van der Waals surface area contributed by atoms with Crippen molar-refractivity contribution in [1.82, 2.24) is 0 Å². The Bertz CT molecular complexity index is 1020. The summed E-state index contributed by atoms with van der Waals surface area (Å²) in [6.45, 7) is 17.9. The number of aliphatic hydroxyl groups excluding tert-OH is 2. The Morgan fingerprint density at radius 2 is 1.86 bits per heavy atom. The van der Waals surface area contributed by atoms with E-state index in [4.69, 9.17) is 0 Å². The number of hydrogen-bond acceptors (Lipinski definition) is 4. The third-order valence-electron chi connectivity index (χ3n) is 9.12. The Balaban J connectivity index is 1.75. The van der Waals surface area contributed by atoms with E-state index in [1.165, 1.54) is 11.1 Å². The van der Waals surface area contributed by atoms with Crippen LogP contribution < -0.4 is 0 Å². The monoisotopic (exact) mass is 504 g/mol. The summed E-state index contributed by atoms with van der Waals surface area (Å²) in [5.74, 6) is 0.809. The summed E-state index contributed by atoms with van der Waals surface area (Å²) < 4.78 is 24.8. The van der Waals surface area contributed by atoms with Crippen LogP contribution in [0.1, 0.15) is 99.8 Å². The molecule has 4 nitrogen and oxygen atoms in total. The van der Waals surface area contributed by atoms with Gasteiger partial charge in [-0.1, -0.05) is 49.8 Å². The van der Waals surface area contributed by atoms with Crippen molar-refractivity contribution in [1.29, 1.82) is 0 Å². The third kappa shape index (κ3) is 5.43. The van der Waals surface area contributed by atoms with Crippen LogP contribution >= 0.6 is 0 Å². The Kier molecular flexibility index (Phi) is 8.07. The number of allylic oxidation sites excluding steroid dienone is 5. The van der Waals surface area contributed by atoms with Gasteiger partial charge in [-0.3, -0.25) is 0 Å². The summed E-state index contributed by atoms with van der Waals surface area (Å²) in [6.07, 6.45) is 12.4. The summed E-state index contributed by atoms with van der Waals surface area (Å²) >= 11 is 0. The zero-order chi connectivity index (χ0) is 26.4. The molecule has 35 heavy (non-hydrogen) atoms. The lowest BCUT2D eigenvalue weighted by atomic mass is 9.62. The van der Waals surface area contributed by atoms with Crippen LogP contribution in [0.5, 0.6) is 0 Å². The lowest BCUT2D eigenvalue weighted by molar-refractivity contribution is 0.0862. The lowest BCUT2D eigenvalue weighted by Gasteiger charge is -2.43. The zero-order valence-electron chi connectivity index (χ0n) is 23.0. The zero-order valence-corrected chi connectivity index (χ0v) is 23.8. The number of rotatable bonds is 6. The van der Waals surface area contributed by atoms with Crippen molar-refractivity contribution < 1.29 is 18.6 Å². The van der Waals surface area contributed by atoms with E-state index in [1.807, 2.05) is 13.8 Å². The highest BCUT2D eigenvalue weighted by Gasteiger charge is 2.47. The Hall–Kier alpha value is -1.17. The first-order valence-corrected chi connectivity index (χ1v) is 14.9. The molecule has 3 rings (SSSR count). The van der Waals surface area contributed by atoms with Crippen LogP contribution in [0.3, 0.4) is 0 Å². The average Bonchev–Trinajstić information content (AvgIpc) is 3.10. The molecule has 5 heteroatoms. The topological polar surface area (TPSA) is 74.6 Å². The van der Waals surface area contributed by atoms with Crippen LogP contribution in [0.2, 0.25) is 0 Å². The smallest absolute Gasteiger partial charge is 0.160 e. The molecule has 5 atom stereocenters. The van der Waals surface area contributed by atoms with Gasteiger partial charge in [0.25, 0.3) is 0 Å². The number of sulfone groups is 1. The van der Waals surface area contributed by atoms with Gasteiger partial charge in [0.1, 0.15) is 0 Å². The van der Waals surface area contributed by atoms with Gasteiger partial charge in [0.05, 0.1) is 21.7 Å². The molecular formula is C30H48O4S. The quantitative estimate of drug-likeness (QED) is 0.407. The average molecular weight is 505 g/mol. The highest BCUT2D eigenvalue weighted by molar-refractivity contribution is 7.94. The van der Waals surface area contributed by atoms with E-state index in [-0.39, 0.29) is 5.41 Å². The van der Waals surface area contributed by atoms with Gasteiger partial charge in [-0.05, 0) is 108 Å². The number of aliphatic hydroxyl groups is 2. The predicted molar refractivity (Wildman–Crippen MR) is 146 cm³/mol. The molecule has 0 amide bonds. The summed E-state index contributed by atoms with van der Waals surface area (Å²) in [5, 5.41) is 20.3. The maximum Gasteiger partial charge on any atom is 0.160 e. The highest BCUT2D eigenvalue weighted by atomic mass is 32.2. The summed E-state index contributed by atoms with van der Waals surface area (Å²) in [6, 6.07) is 0. The van der Waals surface area contributed by atoms with Crippen molar-refractivity contribution in [2.45, 2.75) is 122 Å². The first-order valence-electron chi connectivity index (χ1n) is 13.4. The van der Waals surface area contributed by atoms with Gasteiger partial charge < -0.3 is 10.2 Å². The van der Waals surface area contributed by atoms with Crippen LogP contribution in [0.4, 0.5) is 0 Å². The molecule has 0 radical (unpaired) electrons. The molecule has 0 spiro atoms. The fraction of sp³-hybridized carbons (Fsp3) is 0.733. The molecule has 0 aromatic rings. The molecule has 198 valence electrons. The van der Waals surface area contributed by atoms with E-state index in [0.717, 1.165) is 43.3 Å². The minimum atomic E-state index is -3.25. The van der Waals surface area contributed by atoms with Crippen LogP contribution in [-0.4, -0.2) is 40.3 Å². The Labute approximate surface area is 214 Å². The molecular weight excluding hydrogens is 456 g/mol. The molecule has 0 unspecified atom stereocenters. The van der Waals surface area contributed by atoms with Gasteiger partial charge in [-0.25, -0.2) is 8.42 Å². The van der Waals surface area contributed by atoms with E-state index >= 15 is 0 Å². The van der Waals surface area contributed by atoms with Crippen molar-refractivity contribution in [2.24, 2.45) is 17.3 Å². The normalized spacial score (nSPS) is 33.7. The molecule has 0 saturated heterocycles. The van der Waals surface area contributed by atoms with Gasteiger partial charge in [0.15, 0.2) is 9.84 Å². The summed E-state index contributed by atoms with van der Waals surface area (Å²) in [7, 11) is -3.25. The van der Waals surface area contributed by atoms with Crippen LogP contribution in [0.15, 0.2) is 47.1 Å². The standard InChI is InChI=1S/C30H48O4S/c1-20(15-17-29(6,7)35(33,34)28(3,4)5)25-13-14-26-22(10-9-16-30(25,26)8)11-12-23-18-24(31)19-27(32)21(23)2/h11-13,20,24,26-27,31-32H,2,9-10,14-19H2,1,3-8H3/b22-11+,23-12-/t20-,24+,26+,27-,30-/m1/s1. The molecule has 3 aliphatic carbocycles. The maximum absolute atomic E-state index is 13.1. The summed E-state index contributed by atoms with van der Waals surface area (Å²) in [4.78, 5) is 0. The Morgan fingerprint density at radius 1 is 1.20 bits per heavy atom. The summed E-state index contributed by atoms with van der Waals surface area (Å²) in [5.41, 5.74) is 4.74. The van der Waals surface area contributed by atoms with E-state index in [1.54, 1.807) is 20.8 Å². The van der Waals surface area contributed by atoms with Gasteiger partial charge >= 0.3 is 0 Å². The van der Waals surface area contributed by atoms with E-state index in [2.05, 4.69) is 38.7 Å². The second kappa shape index (κ2) is 9.95. The number of hydrogen-bond donors (Lipinski definition) is 2. The molecule has 2 fully saturated rings. The highest BCUT2D eigenvalue weighted by Crippen LogP contribution is 2.57. The number of fused-ring (bicyclic) bond motifs is 1. The van der Waals surface area contributed by atoms with Crippen LogP contribution in [0.25, 0.3) is 0 Å². The SMILES string of the molecule is C=C1/C(=C\C=C2/CCC[C@]3(C)C([C@H](C)CCC(C)(C)S(=O)(=O)C(C)(C)C)=CC[C@@H]23)C[C@H](O)C[C@H]1O. The van der Waals surface area contributed by atoms with Gasteiger partial charge in [0, 0.05) is 6.42 Å². The lowest BCUT2D eigenvalue weighted by Crippen LogP contribution is -2.44. The van der Waals surface area contributed by atoms with Crippen molar-refractivity contribution in [3.05, 3.63) is 47.1 Å². The first-order chi connectivity index (χ1) is 16.0. The Morgan fingerprint density at radius 3 is 2.49 bits per heavy atom. The fourth-order valence-corrected chi connectivity index (χ4v) is 8.81. The minimum Gasteiger partial charge on any atom is -0.393 e. The first kappa shape index (κ1) is 28.4. The van der Waals surface area contributed by atoms with Gasteiger partial charge in [-0.2, -0.15) is 0 Å². The van der Waals surface area contributed by atoms with Crippen LogP contribution in [-0.2, 0) is 9.84 Å². The molecule has 0 aromatic heterocycles. The molecule has 0 heterocycles. The fourth-order valence-electron chi connectivity index (χ4n) is 6.76. The molecule has 3 aliphatic rings. The molecule has 2 N–H and O–H groups in total. The van der Waals surface area contributed by atoms with Crippen molar-refractivity contribution >= 4 is 9.84 Å². The second-order valence-corrected chi connectivity index (χ2v) is 16.4. The van der Waals surface area contributed by atoms with E-state index in [0.29, 0.717) is 31.1 Å². The van der Waals surface area contributed by atoms with Crippen LogP contribution in [0, 0.1) is 17.3 Å². The predicted octanol–water partition coefficient (Wildman–Crippen LogP) is 6.46. The molecule has 0 aromatic carbocycles. The molecule has 0 bridgehead atoms. The van der Waals surface area contributed by atoms with E-state index < -0.39 is 31.5 Å². The van der Waals surface area contributed by atoms with Gasteiger partial charge in [0.2, 0.25) is 0 Å². The van der Waals surface area contributed by atoms with E-state index in [9.17, 15) is 18.6 Å². The van der Waals surface area contributed by atoms with Gasteiger partial charge in [-0.15, -0.1) is 0 Å². The maximum atomic E-state index is 13.1. The third-order valence-corrected chi connectivity index (χ3v) is 12.4. The van der Waals surface area contributed by atoms with Crippen molar-refractivity contribution in [3.8, 4) is 0 Å². The molecule has 2 saturated carbocycles.